The molecule has 74 heavy (non-hydrogen) atoms. The predicted octanol–water partition coefficient (Wildman–Crippen LogP) is 20.0. The summed E-state index contributed by atoms with van der Waals surface area (Å²) in [6.07, 6.45) is 25.4. The van der Waals surface area contributed by atoms with Crippen LogP contribution in [0.15, 0.2) is 254 Å². The Morgan fingerprint density at radius 2 is 1.24 bits per heavy atom. The van der Waals surface area contributed by atoms with Gasteiger partial charge in [-0.1, -0.05) is 186 Å². The molecule has 11 rings (SSSR count). The van der Waals surface area contributed by atoms with E-state index in [9.17, 15) is 0 Å². The quantitative estimate of drug-likeness (QED) is 0.124. The van der Waals surface area contributed by atoms with Crippen LogP contribution in [0.5, 0.6) is 0 Å². The third kappa shape index (κ3) is 10.6. The van der Waals surface area contributed by atoms with Crippen molar-refractivity contribution in [1.82, 2.24) is 4.98 Å². The molecular weight excluding hydrogens is 897 g/mol. The molecule has 1 N–H and O–H groups in total. The zero-order valence-electron chi connectivity index (χ0n) is 43.2. The molecule has 3 nitrogen and oxygen atoms in total. The van der Waals surface area contributed by atoms with Crippen molar-refractivity contribution in [3.05, 3.63) is 272 Å². The molecule has 1 aliphatic heterocycles. The van der Waals surface area contributed by atoms with Crippen LogP contribution < -0.4 is 4.90 Å². The van der Waals surface area contributed by atoms with Crippen molar-refractivity contribution in [3.8, 4) is 55.6 Å². The second-order valence-corrected chi connectivity index (χ2v) is 19.6. The number of hydrogen-bond acceptors (Lipinski definition) is 2. The standard InChI is InChI=1S/C64H54N2O.C7H10/c1-5-11-45-22-23-54(35-44(45)6-2)50-16-7-12-46(36-50)47-13-8-17-51(37-47)55-24-28-61-59(40-55)43(4)34-57(31-33-66(61)58-26-20-42(3)21-27-58)53-19-10-15-49(39-53)48-14-9-18-52(38-48)56-25-29-62-60(41-56)64-63(67-62)30-32-65-64;1-4-5-6-7(2)3/h7-10,12-20,22-42,65H,4-6,11,21H2,1-3H3;4-6H,1-2H2,3H3/b33-31-,57-34+;6-5-. The van der Waals surface area contributed by atoms with Crippen LogP contribution in [0, 0.1) is 5.92 Å². The Balaban J connectivity index is 0.000000837. The van der Waals surface area contributed by atoms with Crippen LogP contribution in [0.3, 0.4) is 0 Å². The van der Waals surface area contributed by atoms with Crippen LogP contribution in [0.2, 0.25) is 0 Å². The van der Waals surface area contributed by atoms with Crippen molar-refractivity contribution in [1.29, 1.82) is 0 Å². The van der Waals surface area contributed by atoms with Gasteiger partial charge in [0.15, 0.2) is 5.58 Å². The minimum Gasteiger partial charge on any atom is -0.454 e. The zero-order chi connectivity index (χ0) is 51.1. The lowest BCUT2D eigenvalue weighted by atomic mass is 9.91. The van der Waals surface area contributed by atoms with Crippen molar-refractivity contribution < 1.29 is 4.42 Å². The summed E-state index contributed by atoms with van der Waals surface area (Å²) >= 11 is 0. The normalized spacial score (nSPS) is 15.4. The Hall–Kier alpha value is -8.66. The molecule has 0 fully saturated rings. The summed E-state index contributed by atoms with van der Waals surface area (Å²) in [5.41, 5.74) is 25.3. The van der Waals surface area contributed by atoms with Gasteiger partial charge in [-0.05, 0) is 188 Å². The fraction of sp³-hybridized carbons (Fsp3) is 0.127. The van der Waals surface area contributed by atoms with E-state index in [4.69, 9.17) is 11.0 Å². The van der Waals surface area contributed by atoms with Gasteiger partial charge in [-0.25, -0.2) is 0 Å². The van der Waals surface area contributed by atoms with E-state index in [0.29, 0.717) is 5.92 Å². The lowest BCUT2D eigenvalue weighted by molar-refractivity contribution is 0.669. The second-order valence-electron chi connectivity index (χ2n) is 19.6. The number of rotatable bonds is 12. The summed E-state index contributed by atoms with van der Waals surface area (Å²) in [7, 11) is 0. The second kappa shape index (κ2) is 22.0. The molecule has 1 aliphatic carbocycles. The Morgan fingerprint density at radius 1 is 0.662 bits per heavy atom. The van der Waals surface area contributed by atoms with E-state index < -0.39 is 0 Å². The van der Waals surface area contributed by atoms with E-state index in [1.807, 2.05) is 31.3 Å². The Morgan fingerprint density at radius 3 is 1.82 bits per heavy atom. The number of fused-ring (bicyclic) bond motifs is 4. The number of H-pyrrole nitrogens is 1. The molecule has 3 heteroatoms. The smallest absolute Gasteiger partial charge is 0.153 e. The van der Waals surface area contributed by atoms with E-state index in [0.717, 1.165) is 109 Å². The Labute approximate surface area is 438 Å². The lowest BCUT2D eigenvalue weighted by Crippen LogP contribution is -2.18. The molecule has 2 aliphatic rings. The van der Waals surface area contributed by atoms with Gasteiger partial charge in [0.05, 0.1) is 11.2 Å². The summed E-state index contributed by atoms with van der Waals surface area (Å²) in [5, 5.41) is 1.09. The number of nitrogens with zero attached hydrogens (tertiary/aromatic N) is 1. The van der Waals surface area contributed by atoms with Gasteiger partial charge >= 0.3 is 0 Å². The average molecular weight is 961 g/mol. The number of aromatic amines is 1. The average Bonchev–Trinajstić information content (AvgIpc) is 4.05. The van der Waals surface area contributed by atoms with Gasteiger partial charge in [0, 0.05) is 29.0 Å². The third-order valence-corrected chi connectivity index (χ3v) is 14.2. The summed E-state index contributed by atoms with van der Waals surface area (Å²) in [5.74, 6) is 0.507. The van der Waals surface area contributed by atoms with Crippen molar-refractivity contribution in [3.63, 3.8) is 0 Å². The Bertz CT molecular complexity index is 3740. The fourth-order valence-electron chi connectivity index (χ4n) is 10.2. The Kier molecular flexibility index (Phi) is 14.5. The first-order chi connectivity index (χ1) is 36.2. The highest BCUT2D eigenvalue weighted by atomic mass is 16.3. The third-order valence-electron chi connectivity index (χ3n) is 14.2. The van der Waals surface area contributed by atoms with Gasteiger partial charge in [-0.2, -0.15) is 0 Å². The van der Waals surface area contributed by atoms with Crippen LogP contribution in [0.1, 0.15) is 62.8 Å². The van der Waals surface area contributed by atoms with Gasteiger partial charge in [-0.3, -0.25) is 0 Å². The molecule has 2 aromatic heterocycles. The summed E-state index contributed by atoms with van der Waals surface area (Å²) in [6.45, 7) is 20.7. The number of aryl methyl sites for hydroxylation is 2. The van der Waals surface area contributed by atoms with Gasteiger partial charge in [0.1, 0.15) is 5.58 Å². The van der Waals surface area contributed by atoms with Crippen molar-refractivity contribution in [2.24, 2.45) is 5.92 Å². The monoisotopic (exact) mass is 961 g/mol. The van der Waals surface area contributed by atoms with Gasteiger partial charge in [-0.15, -0.1) is 0 Å². The van der Waals surface area contributed by atoms with Gasteiger partial charge in [0.2, 0.25) is 0 Å². The minimum absolute atomic E-state index is 0.507. The molecule has 9 aromatic rings. The highest BCUT2D eigenvalue weighted by molar-refractivity contribution is 6.04. The molecule has 0 spiro atoms. The zero-order valence-corrected chi connectivity index (χ0v) is 43.2. The topological polar surface area (TPSA) is 32.2 Å². The molecule has 1 unspecified atom stereocenters. The minimum atomic E-state index is 0.507. The molecular formula is C71H64N2O. The van der Waals surface area contributed by atoms with Gasteiger partial charge in [0.25, 0.3) is 0 Å². The van der Waals surface area contributed by atoms with Crippen LogP contribution in [-0.4, -0.2) is 4.98 Å². The molecule has 0 amide bonds. The number of nitrogens with one attached hydrogen (secondary N) is 1. The molecule has 0 saturated heterocycles. The van der Waals surface area contributed by atoms with E-state index in [1.54, 1.807) is 6.08 Å². The number of anilines is 1. The first-order valence-electron chi connectivity index (χ1n) is 26.1. The number of aromatic nitrogens is 1. The molecule has 0 radical (unpaired) electrons. The number of hydrogen-bond donors (Lipinski definition) is 1. The first-order valence-corrected chi connectivity index (χ1v) is 26.1. The molecule has 364 valence electrons. The van der Waals surface area contributed by atoms with Gasteiger partial charge < -0.3 is 14.3 Å². The van der Waals surface area contributed by atoms with Crippen molar-refractivity contribution >= 4 is 38.9 Å². The van der Waals surface area contributed by atoms with Crippen molar-refractivity contribution in [2.45, 2.75) is 53.4 Å². The van der Waals surface area contributed by atoms with Crippen LogP contribution in [-0.2, 0) is 12.8 Å². The maximum atomic E-state index is 6.05. The number of furan rings is 1. The van der Waals surface area contributed by atoms with E-state index >= 15 is 0 Å². The van der Waals surface area contributed by atoms with Crippen LogP contribution >= 0.6 is 0 Å². The molecule has 0 saturated carbocycles. The maximum Gasteiger partial charge on any atom is 0.153 e. The summed E-state index contributed by atoms with van der Waals surface area (Å²) < 4.78 is 6.05. The highest BCUT2D eigenvalue weighted by Gasteiger charge is 2.20. The summed E-state index contributed by atoms with van der Waals surface area (Å²) in [6, 6.07) is 58.0. The van der Waals surface area contributed by atoms with E-state index in [2.05, 4.69) is 232 Å². The number of allylic oxidation sites excluding steroid dienone is 11. The lowest BCUT2D eigenvalue weighted by Gasteiger charge is -2.29. The SMILES string of the molecule is C=C/C=C\C(=C)C.C=C1/C=C(c2cccc(-c3cccc(-c4ccc5oc6cc[nH]c6c5c4)c3)c2)\C=C/N(C2=CCC(C)C=C2)c2ccc(-c3cccc(-c4cccc(-c5ccc(CCC)c(CC)c5)c4)c3)cc21. The van der Waals surface area contributed by atoms with Crippen LogP contribution in [0.25, 0.3) is 88.8 Å². The molecule has 7 aromatic carbocycles. The largest absolute Gasteiger partial charge is 0.454 e. The fourth-order valence-corrected chi connectivity index (χ4v) is 10.2. The van der Waals surface area contributed by atoms with Crippen molar-refractivity contribution in [2.75, 3.05) is 4.90 Å². The maximum absolute atomic E-state index is 6.05. The molecule has 1 atom stereocenters. The molecule has 0 bridgehead atoms. The predicted molar refractivity (Wildman–Crippen MR) is 319 cm³/mol. The highest BCUT2D eigenvalue weighted by Crippen LogP contribution is 2.41. The molecule has 3 heterocycles. The number of benzene rings is 7. The summed E-state index contributed by atoms with van der Waals surface area (Å²) in [4.78, 5) is 5.68. The first kappa shape index (κ1) is 48.9. The van der Waals surface area contributed by atoms with E-state index in [-0.39, 0.29) is 0 Å². The van der Waals surface area contributed by atoms with Crippen LogP contribution in [0.4, 0.5) is 5.69 Å². The van der Waals surface area contributed by atoms with E-state index in [1.165, 1.54) is 44.6 Å².